The van der Waals surface area contributed by atoms with E-state index in [0.717, 1.165) is 21.2 Å². The number of hydrogen-bond donors (Lipinski definition) is 0. The molecular weight excluding hydrogens is 374 g/mol. The number of hydrogen-bond acceptors (Lipinski definition) is 8. The lowest BCUT2D eigenvalue weighted by Gasteiger charge is -2.11. The smallest absolute Gasteiger partial charge is 0.368 e. The van der Waals surface area contributed by atoms with E-state index in [1.165, 1.54) is 28.0 Å². The fraction of sp³-hybridized carbons (Fsp3) is 0.438. The lowest BCUT2D eigenvalue weighted by molar-refractivity contribution is -0.140. The number of rotatable bonds is 6. The molecule has 1 heterocycles. The largest absolute Gasteiger partial charge is 0.464 e. The van der Waals surface area contributed by atoms with Gasteiger partial charge in [-0.2, -0.15) is 9.36 Å². The minimum absolute atomic E-state index is 0.268. The van der Waals surface area contributed by atoms with Crippen LogP contribution in [0.3, 0.4) is 0 Å². The van der Waals surface area contributed by atoms with Gasteiger partial charge in [0.15, 0.2) is 0 Å². The molecule has 0 bridgehead atoms. The third-order valence-corrected chi connectivity index (χ3v) is 5.63. The SMILES string of the molecule is CS/C(=N\CCOC(C)=O)SCc1c(C)cccc1-n1nnn(C)c1=O. The van der Waals surface area contributed by atoms with E-state index in [4.69, 9.17) is 4.74 Å². The first-order valence-electron chi connectivity index (χ1n) is 7.86. The number of carbonyl (C=O) groups is 1. The number of thioether (sulfide) groups is 2. The van der Waals surface area contributed by atoms with Crippen molar-refractivity contribution in [2.24, 2.45) is 12.0 Å². The zero-order valence-electron chi connectivity index (χ0n) is 15.1. The standard InChI is InChI=1S/C16H21N5O3S2/c1-11-6-5-7-14(21-16(23)20(3)18-19-21)13(11)10-26-15(25-4)17-8-9-24-12(2)22/h5-7H,8-10H2,1-4H3/b17-15+. The van der Waals surface area contributed by atoms with E-state index >= 15 is 0 Å². The van der Waals surface area contributed by atoms with Gasteiger partial charge in [-0.15, -0.1) is 11.8 Å². The Balaban J connectivity index is 2.16. The summed E-state index contributed by atoms with van der Waals surface area (Å²) in [6.45, 7) is 4.07. The van der Waals surface area contributed by atoms with Crippen molar-refractivity contribution in [2.45, 2.75) is 19.6 Å². The Morgan fingerprint density at radius 3 is 2.73 bits per heavy atom. The summed E-state index contributed by atoms with van der Waals surface area (Å²) < 4.78 is 8.28. The second-order valence-electron chi connectivity index (χ2n) is 5.35. The van der Waals surface area contributed by atoms with Gasteiger partial charge in [-0.05, 0) is 40.8 Å². The highest BCUT2D eigenvalue weighted by atomic mass is 32.2. The second kappa shape index (κ2) is 9.58. The van der Waals surface area contributed by atoms with Crippen molar-refractivity contribution in [3.63, 3.8) is 0 Å². The van der Waals surface area contributed by atoms with Gasteiger partial charge >= 0.3 is 11.7 Å². The highest BCUT2D eigenvalue weighted by Crippen LogP contribution is 2.26. The fourth-order valence-electron chi connectivity index (χ4n) is 2.17. The summed E-state index contributed by atoms with van der Waals surface area (Å²) >= 11 is 3.11. The van der Waals surface area contributed by atoms with Crippen LogP contribution in [0, 0.1) is 6.92 Å². The molecule has 2 aromatic rings. The molecule has 1 aromatic carbocycles. The molecule has 2 rings (SSSR count). The molecule has 10 heteroatoms. The van der Waals surface area contributed by atoms with Crippen LogP contribution < -0.4 is 5.69 Å². The Morgan fingerprint density at radius 2 is 2.12 bits per heavy atom. The number of benzene rings is 1. The van der Waals surface area contributed by atoms with Gasteiger partial charge in [0.2, 0.25) is 0 Å². The molecule has 0 amide bonds. The van der Waals surface area contributed by atoms with Gasteiger partial charge < -0.3 is 4.74 Å². The minimum atomic E-state index is -0.308. The van der Waals surface area contributed by atoms with Crippen LogP contribution in [0.4, 0.5) is 0 Å². The van der Waals surface area contributed by atoms with Crippen molar-refractivity contribution in [2.75, 3.05) is 19.4 Å². The van der Waals surface area contributed by atoms with Crippen molar-refractivity contribution in [1.82, 2.24) is 19.8 Å². The van der Waals surface area contributed by atoms with Crippen molar-refractivity contribution in [1.29, 1.82) is 0 Å². The number of carbonyl (C=O) groups excluding carboxylic acids is 1. The highest BCUT2D eigenvalue weighted by Gasteiger charge is 2.13. The molecule has 8 nitrogen and oxygen atoms in total. The summed E-state index contributed by atoms with van der Waals surface area (Å²) in [5.41, 5.74) is 2.49. The molecule has 0 fully saturated rings. The normalized spacial score (nSPS) is 11.6. The Bertz CT molecular complexity index is 860. The quantitative estimate of drug-likeness (QED) is 0.319. The van der Waals surface area contributed by atoms with Gasteiger partial charge in [0.25, 0.3) is 0 Å². The third-order valence-electron chi connectivity index (χ3n) is 3.49. The lowest BCUT2D eigenvalue weighted by atomic mass is 10.1. The molecule has 0 aliphatic heterocycles. The maximum atomic E-state index is 12.2. The molecule has 26 heavy (non-hydrogen) atoms. The summed E-state index contributed by atoms with van der Waals surface area (Å²) in [5, 5.41) is 7.72. The van der Waals surface area contributed by atoms with Crippen molar-refractivity contribution in [3.05, 3.63) is 39.8 Å². The van der Waals surface area contributed by atoms with Crippen LogP contribution >= 0.6 is 23.5 Å². The van der Waals surface area contributed by atoms with Gasteiger partial charge in [0.1, 0.15) is 11.0 Å². The van der Waals surface area contributed by atoms with Crippen molar-refractivity contribution >= 4 is 33.9 Å². The predicted molar refractivity (Wildman–Crippen MR) is 105 cm³/mol. The monoisotopic (exact) mass is 395 g/mol. The molecule has 0 unspecified atom stereocenters. The van der Waals surface area contributed by atoms with E-state index in [9.17, 15) is 9.59 Å². The van der Waals surface area contributed by atoms with Crippen LogP contribution in [0.2, 0.25) is 0 Å². The number of tetrazole rings is 1. The van der Waals surface area contributed by atoms with E-state index in [2.05, 4.69) is 15.4 Å². The Hall–Kier alpha value is -2.07. The molecule has 1 aromatic heterocycles. The minimum Gasteiger partial charge on any atom is -0.464 e. The molecule has 0 atom stereocenters. The van der Waals surface area contributed by atoms with E-state index in [0.29, 0.717) is 12.3 Å². The van der Waals surface area contributed by atoms with Gasteiger partial charge in [-0.3, -0.25) is 9.79 Å². The van der Waals surface area contributed by atoms with E-state index in [-0.39, 0.29) is 18.3 Å². The highest BCUT2D eigenvalue weighted by molar-refractivity contribution is 8.38. The van der Waals surface area contributed by atoms with Gasteiger partial charge in [-0.1, -0.05) is 23.9 Å². The summed E-state index contributed by atoms with van der Waals surface area (Å²) in [7, 11) is 1.57. The molecule has 140 valence electrons. The number of aliphatic imine (C=N–C) groups is 1. The van der Waals surface area contributed by atoms with E-state index in [1.807, 2.05) is 31.4 Å². The van der Waals surface area contributed by atoms with Crippen LogP contribution in [-0.2, 0) is 22.3 Å². The third kappa shape index (κ3) is 5.21. The topological polar surface area (TPSA) is 91.4 Å². The van der Waals surface area contributed by atoms with E-state index in [1.54, 1.807) is 18.8 Å². The number of aromatic nitrogens is 4. The van der Waals surface area contributed by atoms with E-state index < -0.39 is 0 Å². The summed E-state index contributed by atoms with van der Waals surface area (Å²) in [6.07, 6.45) is 1.95. The van der Waals surface area contributed by atoms with Crippen LogP contribution in [0.1, 0.15) is 18.1 Å². The summed E-state index contributed by atoms with van der Waals surface area (Å²) in [6, 6.07) is 5.75. The first-order valence-corrected chi connectivity index (χ1v) is 10.1. The van der Waals surface area contributed by atoms with Crippen LogP contribution in [0.5, 0.6) is 0 Å². The Kier molecular flexibility index (Phi) is 7.46. The summed E-state index contributed by atoms with van der Waals surface area (Å²) in [5.74, 6) is 0.329. The van der Waals surface area contributed by atoms with Gasteiger partial charge in [0, 0.05) is 19.7 Å². The number of ether oxygens (including phenoxy) is 1. The van der Waals surface area contributed by atoms with Crippen LogP contribution in [-0.4, -0.2) is 49.5 Å². The predicted octanol–water partition coefficient (Wildman–Crippen LogP) is 1.79. The average molecular weight is 396 g/mol. The Labute approximate surface area is 160 Å². The molecule has 0 N–H and O–H groups in total. The zero-order valence-corrected chi connectivity index (χ0v) is 16.8. The van der Waals surface area contributed by atoms with Crippen LogP contribution in [0.15, 0.2) is 28.0 Å². The van der Waals surface area contributed by atoms with Gasteiger partial charge in [-0.25, -0.2) is 4.79 Å². The first-order chi connectivity index (χ1) is 12.4. The maximum Gasteiger partial charge on any atom is 0.368 e. The Morgan fingerprint density at radius 1 is 1.35 bits per heavy atom. The molecule has 0 saturated heterocycles. The molecule has 0 aliphatic rings. The van der Waals surface area contributed by atoms with Gasteiger partial charge in [0.05, 0.1) is 12.2 Å². The van der Waals surface area contributed by atoms with Crippen LogP contribution in [0.25, 0.3) is 5.69 Å². The average Bonchev–Trinajstić information content (AvgIpc) is 2.94. The zero-order chi connectivity index (χ0) is 19.1. The fourth-order valence-corrected chi connectivity index (χ4v) is 3.86. The number of nitrogens with zero attached hydrogens (tertiary/aromatic N) is 5. The second-order valence-corrected chi connectivity index (χ2v) is 7.37. The summed E-state index contributed by atoms with van der Waals surface area (Å²) in [4.78, 5) is 27.4. The van der Waals surface area contributed by atoms with Crippen molar-refractivity contribution < 1.29 is 9.53 Å². The molecule has 0 aliphatic carbocycles. The first kappa shape index (κ1) is 20.2. The maximum absolute atomic E-state index is 12.2. The number of esters is 1. The molecular formula is C16H21N5O3S2. The molecule has 0 saturated carbocycles. The molecule has 0 radical (unpaired) electrons. The lowest BCUT2D eigenvalue weighted by Crippen LogP contribution is -2.23. The molecule has 0 spiro atoms. The number of aryl methyl sites for hydroxylation is 2. The van der Waals surface area contributed by atoms with Crippen molar-refractivity contribution in [3.8, 4) is 5.69 Å².